The monoisotopic (exact) mass is 424 g/mol. The first-order valence-corrected chi connectivity index (χ1v) is 12.2. The van der Waals surface area contributed by atoms with Gasteiger partial charge >= 0.3 is 0 Å². The van der Waals surface area contributed by atoms with Crippen molar-refractivity contribution in [3.63, 3.8) is 0 Å². The van der Waals surface area contributed by atoms with Gasteiger partial charge in [0.25, 0.3) is 5.91 Å². The zero-order valence-corrected chi connectivity index (χ0v) is 18.2. The lowest BCUT2D eigenvalue weighted by molar-refractivity contribution is 0.0552. The van der Waals surface area contributed by atoms with E-state index in [1.807, 2.05) is 29.2 Å². The quantitative estimate of drug-likeness (QED) is 0.672. The Kier molecular flexibility index (Phi) is 7.54. The summed E-state index contributed by atoms with van der Waals surface area (Å²) in [5, 5.41) is 0. The molecule has 8 heteroatoms. The van der Waals surface area contributed by atoms with E-state index in [-0.39, 0.29) is 18.1 Å². The number of carbonyl (C=O) groups excluding carboxylic acids is 1. The second-order valence-electron chi connectivity index (χ2n) is 7.94. The fourth-order valence-corrected chi connectivity index (χ4v) is 5.04. The zero-order valence-electron chi connectivity index (χ0n) is 17.4. The van der Waals surface area contributed by atoms with Crippen LogP contribution in [0.25, 0.3) is 0 Å². The molecule has 2 fully saturated rings. The van der Waals surface area contributed by atoms with Gasteiger partial charge in [0, 0.05) is 45.0 Å². The van der Waals surface area contributed by atoms with Gasteiger partial charge in [-0.3, -0.25) is 4.79 Å². The van der Waals surface area contributed by atoms with Gasteiger partial charge in [-0.15, -0.1) is 0 Å². The topological polar surface area (TPSA) is 76.2 Å². The van der Waals surface area contributed by atoms with Crippen LogP contribution in [0.5, 0.6) is 5.75 Å². The highest BCUT2D eigenvalue weighted by atomic mass is 32.2. The summed E-state index contributed by atoms with van der Waals surface area (Å²) in [6.45, 7) is 2.38. The summed E-state index contributed by atoms with van der Waals surface area (Å²) < 4.78 is 36.1. The summed E-state index contributed by atoms with van der Waals surface area (Å²) in [5.74, 6) is 0.710. The van der Waals surface area contributed by atoms with Crippen molar-refractivity contribution in [1.82, 2.24) is 9.21 Å². The molecule has 7 nitrogen and oxygen atoms in total. The van der Waals surface area contributed by atoms with Crippen molar-refractivity contribution in [3.8, 4) is 5.75 Å². The van der Waals surface area contributed by atoms with Crippen molar-refractivity contribution in [2.75, 3.05) is 39.6 Å². The molecular weight excluding hydrogens is 392 g/mol. The van der Waals surface area contributed by atoms with E-state index in [0.717, 1.165) is 32.2 Å². The van der Waals surface area contributed by atoms with Crippen molar-refractivity contribution in [1.29, 1.82) is 0 Å². The van der Waals surface area contributed by atoms with Crippen LogP contribution in [-0.2, 0) is 14.8 Å². The second-order valence-corrected chi connectivity index (χ2v) is 9.92. The van der Waals surface area contributed by atoms with Gasteiger partial charge in [-0.1, -0.05) is 6.07 Å². The zero-order chi connectivity index (χ0) is 20.9. The van der Waals surface area contributed by atoms with Crippen molar-refractivity contribution in [2.45, 2.75) is 50.7 Å². The summed E-state index contributed by atoms with van der Waals surface area (Å²) in [7, 11) is -1.46. The summed E-state index contributed by atoms with van der Waals surface area (Å²) in [6.07, 6.45) is 6.55. The number of sulfonamides is 1. The van der Waals surface area contributed by atoms with Gasteiger partial charge in [0.1, 0.15) is 11.9 Å². The lowest BCUT2D eigenvalue weighted by atomic mass is 9.98. The maximum Gasteiger partial charge on any atom is 0.254 e. The van der Waals surface area contributed by atoms with Crippen LogP contribution in [-0.4, -0.2) is 75.3 Å². The highest BCUT2D eigenvalue weighted by Gasteiger charge is 2.28. The standard InChI is InChI=1S/C21H32N2O5S/c1-27-15-11-18-7-3-4-12-23(18)21(24)17-6-5-8-20(16-17)28-19-9-13-22(14-10-19)29(2,25)26/h5-6,8,16,18-19H,3-4,7,9-15H2,1-2H3/t18-/m0/s1. The predicted molar refractivity (Wildman–Crippen MR) is 112 cm³/mol. The predicted octanol–water partition coefficient (Wildman–Crippen LogP) is 2.52. The molecular formula is C21H32N2O5S. The average Bonchev–Trinajstić information content (AvgIpc) is 2.72. The number of amides is 1. The van der Waals surface area contributed by atoms with Crippen LogP contribution < -0.4 is 4.74 Å². The third kappa shape index (κ3) is 5.93. The summed E-state index contributed by atoms with van der Waals surface area (Å²) in [6, 6.07) is 7.58. The van der Waals surface area contributed by atoms with Crippen molar-refractivity contribution < 1.29 is 22.7 Å². The molecule has 0 aliphatic carbocycles. The Labute approximate surface area is 174 Å². The van der Waals surface area contributed by atoms with Crippen LogP contribution in [0, 0.1) is 0 Å². The molecule has 1 aromatic rings. The fraction of sp³-hybridized carbons (Fsp3) is 0.667. The van der Waals surface area contributed by atoms with Crippen LogP contribution in [0.2, 0.25) is 0 Å². The number of piperidine rings is 2. The number of hydrogen-bond acceptors (Lipinski definition) is 5. The van der Waals surface area contributed by atoms with Gasteiger partial charge in [-0.05, 0) is 56.7 Å². The van der Waals surface area contributed by atoms with Crippen molar-refractivity contribution in [3.05, 3.63) is 29.8 Å². The Morgan fingerprint density at radius 1 is 1.14 bits per heavy atom. The molecule has 0 aromatic heterocycles. The Hall–Kier alpha value is -1.64. The second kappa shape index (κ2) is 9.91. The van der Waals surface area contributed by atoms with E-state index in [1.165, 1.54) is 10.6 Å². The molecule has 0 spiro atoms. The third-order valence-electron chi connectivity index (χ3n) is 5.80. The minimum absolute atomic E-state index is 0.0391. The van der Waals surface area contributed by atoms with Crippen LogP contribution in [0.15, 0.2) is 24.3 Å². The molecule has 2 aliphatic heterocycles. The number of carbonyl (C=O) groups is 1. The van der Waals surface area contributed by atoms with Crippen LogP contribution >= 0.6 is 0 Å². The summed E-state index contributed by atoms with van der Waals surface area (Å²) >= 11 is 0. The Morgan fingerprint density at radius 3 is 2.59 bits per heavy atom. The molecule has 0 saturated carbocycles. The molecule has 2 heterocycles. The number of benzene rings is 1. The molecule has 2 aliphatic rings. The van der Waals surface area contributed by atoms with Crippen LogP contribution in [0.3, 0.4) is 0 Å². The molecule has 0 unspecified atom stereocenters. The van der Waals surface area contributed by atoms with Gasteiger partial charge in [0.15, 0.2) is 0 Å². The van der Waals surface area contributed by atoms with E-state index in [4.69, 9.17) is 9.47 Å². The van der Waals surface area contributed by atoms with Gasteiger partial charge in [0.2, 0.25) is 10.0 Å². The van der Waals surface area contributed by atoms with E-state index in [0.29, 0.717) is 43.9 Å². The highest BCUT2D eigenvalue weighted by molar-refractivity contribution is 7.88. The van der Waals surface area contributed by atoms with Gasteiger partial charge < -0.3 is 14.4 Å². The fourth-order valence-electron chi connectivity index (χ4n) is 4.16. The number of likely N-dealkylation sites (tertiary alicyclic amines) is 1. The summed E-state index contributed by atoms with van der Waals surface area (Å²) in [5.41, 5.74) is 0.639. The lowest BCUT2D eigenvalue weighted by Crippen LogP contribution is -2.44. The SMILES string of the molecule is COCC[C@@H]1CCCCN1C(=O)c1cccc(OC2CCN(S(C)(=O)=O)CC2)c1. The first kappa shape index (κ1) is 22.1. The molecule has 0 radical (unpaired) electrons. The van der Waals surface area contributed by atoms with Crippen molar-refractivity contribution >= 4 is 15.9 Å². The number of methoxy groups -OCH3 is 1. The van der Waals surface area contributed by atoms with Crippen LogP contribution in [0.1, 0.15) is 48.9 Å². The smallest absolute Gasteiger partial charge is 0.254 e. The maximum atomic E-state index is 13.1. The summed E-state index contributed by atoms with van der Waals surface area (Å²) in [4.78, 5) is 15.1. The molecule has 1 atom stereocenters. The van der Waals surface area contributed by atoms with E-state index < -0.39 is 10.0 Å². The molecule has 1 aromatic carbocycles. The highest BCUT2D eigenvalue weighted by Crippen LogP contribution is 2.25. The van der Waals surface area contributed by atoms with Gasteiger partial charge in [-0.25, -0.2) is 12.7 Å². The molecule has 3 rings (SSSR count). The minimum Gasteiger partial charge on any atom is -0.490 e. The van der Waals surface area contributed by atoms with Gasteiger partial charge in [-0.2, -0.15) is 0 Å². The maximum absolute atomic E-state index is 13.1. The van der Waals surface area contributed by atoms with Crippen LogP contribution in [0.4, 0.5) is 0 Å². The molecule has 2 saturated heterocycles. The molecule has 0 N–H and O–H groups in total. The lowest BCUT2D eigenvalue weighted by Gasteiger charge is -2.36. The first-order chi connectivity index (χ1) is 13.9. The molecule has 0 bridgehead atoms. The average molecular weight is 425 g/mol. The minimum atomic E-state index is -3.15. The molecule has 29 heavy (non-hydrogen) atoms. The van der Waals surface area contributed by atoms with E-state index in [1.54, 1.807) is 7.11 Å². The number of nitrogens with zero attached hydrogens (tertiary/aromatic N) is 2. The van der Waals surface area contributed by atoms with E-state index >= 15 is 0 Å². The largest absolute Gasteiger partial charge is 0.490 e. The number of hydrogen-bond donors (Lipinski definition) is 0. The third-order valence-corrected chi connectivity index (χ3v) is 7.10. The number of rotatable bonds is 7. The van der Waals surface area contributed by atoms with Crippen molar-refractivity contribution in [2.24, 2.45) is 0 Å². The Balaban J connectivity index is 1.62. The molecule has 1 amide bonds. The van der Waals surface area contributed by atoms with E-state index in [2.05, 4.69) is 0 Å². The first-order valence-electron chi connectivity index (χ1n) is 10.4. The Bertz CT molecular complexity index is 790. The molecule has 162 valence electrons. The Morgan fingerprint density at radius 2 is 1.90 bits per heavy atom. The number of ether oxygens (including phenoxy) is 2. The van der Waals surface area contributed by atoms with Gasteiger partial charge in [0.05, 0.1) is 6.26 Å². The van der Waals surface area contributed by atoms with E-state index in [9.17, 15) is 13.2 Å². The normalized spacial score (nSPS) is 21.9.